The molecule has 3 heterocycles. The molecule has 5 N–H and O–H groups in total. The molecular formula is C22H37Br2N4O8P. The maximum Gasteiger partial charge on any atom is 0.403 e. The fourth-order valence-corrected chi connectivity index (χ4v) is 7.72. The number of nitrogens with one attached hydrogen (secondary N) is 2. The van der Waals surface area contributed by atoms with Gasteiger partial charge in [0, 0.05) is 47.0 Å². The lowest BCUT2D eigenvalue weighted by molar-refractivity contribution is -0.0925. The second kappa shape index (κ2) is 12.4. The van der Waals surface area contributed by atoms with Gasteiger partial charge in [-0.05, 0) is 46.5 Å². The lowest BCUT2D eigenvalue weighted by Gasteiger charge is -2.42. The Morgan fingerprint density at radius 2 is 2.03 bits per heavy atom. The fourth-order valence-electron chi connectivity index (χ4n) is 5.16. The third kappa shape index (κ3) is 8.79. The van der Waals surface area contributed by atoms with E-state index < -0.39 is 41.8 Å². The van der Waals surface area contributed by atoms with Crippen LogP contribution in [0, 0.1) is 0 Å². The van der Waals surface area contributed by atoms with E-state index in [2.05, 4.69) is 56.0 Å². The van der Waals surface area contributed by atoms with Crippen LogP contribution in [-0.4, -0.2) is 81.9 Å². The number of H-pyrrole nitrogens is 1. The van der Waals surface area contributed by atoms with Gasteiger partial charge in [0.25, 0.3) is 5.56 Å². The molecule has 0 aliphatic carbocycles. The van der Waals surface area contributed by atoms with E-state index in [1.54, 1.807) is 0 Å². The lowest BCUT2D eigenvalue weighted by atomic mass is 9.91. The Morgan fingerprint density at radius 3 is 2.62 bits per heavy atom. The Kier molecular flexibility index (Phi) is 10.4. The highest BCUT2D eigenvalue weighted by atomic mass is 79.9. The summed E-state index contributed by atoms with van der Waals surface area (Å²) in [5.41, 5.74) is -1.29. The number of alkyl halides is 2. The Balaban J connectivity index is 1.79. The number of ether oxygens (including phenoxy) is 2. The first kappa shape index (κ1) is 31.1. The van der Waals surface area contributed by atoms with Crippen molar-refractivity contribution in [1.82, 2.24) is 19.5 Å². The van der Waals surface area contributed by atoms with Crippen LogP contribution in [0.1, 0.15) is 59.1 Å². The number of aliphatic hydroxyl groups excluding tert-OH is 1. The summed E-state index contributed by atoms with van der Waals surface area (Å²) in [5, 5.41) is 14.6. The molecule has 0 radical (unpaired) electrons. The monoisotopic (exact) mass is 674 g/mol. The van der Waals surface area contributed by atoms with Gasteiger partial charge in [0.1, 0.15) is 12.5 Å². The summed E-state index contributed by atoms with van der Waals surface area (Å²) >= 11 is 7.03. The second-order valence-electron chi connectivity index (χ2n) is 10.6. The number of hydrogen-bond acceptors (Lipinski definition) is 7. The van der Waals surface area contributed by atoms with Crippen LogP contribution in [0.4, 0.5) is 0 Å². The fraction of sp³-hybridized carbons (Fsp3) is 0.818. The summed E-state index contributed by atoms with van der Waals surface area (Å²) in [7, 11) is -4.56. The van der Waals surface area contributed by atoms with Gasteiger partial charge >= 0.3 is 13.4 Å². The third-order valence-corrected chi connectivity index (χ3v) is 9.11. The van der Waals surface area contributed by atoms with Crippen molar-refractivity contribution in [2.75, 3.05) is 18.4 Å². The number of aromatic amines is 1. The van der Waals surface area contributed by atoms with E-state index >= 15 is 0 Å². The molecule has 1 aromatic rings. The Hall–Kier alpha value is -0.410. The molecule has 0 amide bonds. The van der Waals surface area contributed by atoms with E-state index in [9.17, 15) is 29.0 Å². The molecule has 37 heavy (non-hydrogen) atoms. The molecule has 0 bridgehead atoms. The van der Waals surface area contributed by atoms with Crippen molar-refractivity contribution in [3.05, 3.63) is 33.1 Å². The lowest BCUT2D eigenvalue weighted by Crippen LogP contribution is -2.55. The highest BCUT2D eigenvalue weighted by Gasteiger charge is 2.44. The summed E-state index contributed by atoms with van der Waals surface area (Å²) in [5.74, 6) is 0. The summed E-state index contributed by atoms with van der Waals surface area (Å²) in [6.07, 6.45) is 0.901. The van der Waals surface area contributed by atoms with Crippen LogP contribution in [0.15, 0.2) is 21.9 Å². The van der Waals surface area contributed by atoms with Gasteiger partial charge in [0.15, 0.2) is 0 Å². The summed E-state index contributed by atoms with van der Waals surface area (Å²) in [6.45, 7) is 6.33. The zero-order valence-corrected chi connectivity index (χ0v) is 25.2. The van der Waals surface area contributed by atoms with Gasteiger partial charge in [-0.1, -0.05) is 31.9 Å². The predicted molar refractivity (Wildman–Crippen MR) is 145 cm³/mol. The molecule has 2 saturated heterocycles. The van der Waals surface area contributed by atoms with Crippen LogP contribution in [0.5, 0.6) is 0 Å². The minimum Gasteiger partial charge on any atom is -0.390 e. The van der Waals surface area contributed by atoms with Crippen LogP contribution in [0.3, 0.4) is 0 Å². The van der Waals surface area contributed by atoms with Crippen molar-refractivity contribution >= 4 is 39.6 Å². The van der Waals surface area contributed by atoms with E-state index in [4.69, 9.17) is 9.47 Å². The molecule has 3 rings (SSSR count). The molecule has 2 aliphatic heterocycles. The van der Waals surface area contributed by atoms with E-state index in [0.717, 1.165) is 11.1 Å². The van der Waals surface area contributed by atoms with E-state index in [0.29, 0.717) is 18.2 Å². The molecule has 0 aromatic carbocycles. The number of halogens is 2. The number of aromatic nitrogens is 2. The summed E-state index contributed by atoms with van der Waals surface area (Å²) < 4.78 is 25.8. The highest BCUT2D eigenvalue weighted by Crippen LogP contribution is 2.45. The Labute approximate surface area is 232 Å². The van der Waals surface area contributed by atoms with Crippen LogP contribution in [0.2, 0.25) is 0 Å². The molecule has 12 nitrogen and oxygen atoms in total. The minimum atomic E-state index is -4.56. The van der Waals surface area contributed by atoms with Gasteiger partial charge in [-0.2, -0.15) is 0 Å². The van der Waals surface area contributed by atoms with Crippen LogP contribution in [-0.2, 0) is 14.0 Å². The number of hydrogen-bond donors (Lipinski definition) is 5. The van der Waals surface area contributed by atoms with Crippen LogP contribution < -0.4 is 16.6 Å². The van der Waals surface area contributed by atoms with Crippen LogP contribution in [0.25, 0.3) is 0 Å². The molecule has 0 spiro atoms. The SMILES string of the molecule is CC1CC(C)(C)NC(CCC(Br)(C[C@H]2O[C@@H](n3ccc(=O)[nH]c3=O)C[C@@H]2O)CN(CCBr)P(=O)(O)O)O1. The highest BCUT2D eigenvalue weighted by molar-refractivity contribution is 9.10. The molecule has 3 unspecified atom stereocenters. The second-order valence-corrected chi connectivity index (χ2v) is 14.7. The summed E-state index contributed by atoms with van der Waals surface area (Å²) in [4.78, 5) is 45.7. The molecule has 2 fully saturated rings. The first-order valence-electron chi connectivity index (χ1n) is 12.2. The first-order chi connectivity index (χ1) is 17.1. The van der Waals surface area contributed by atoms with Crippen molar-refractivity contribution in [2.45, 2.75) is 93.5 Å². The number of rotatable bonds is 11. The quantitative estimate of drug-likeness (QED) is 0.172. The van der Waals surface area contributed by atoms with Crippen molar-refractivity contribution in [1.29, 1.82) is 0 Å². The average Bonchev–Trinajstić information content (AvgIpc) is 3.09. The van der Waals surface area contributed by atoms with Gasteiger partial charge < -0.3 is 24.4 Å². The predicted octanol–water partition coefficient (Wildman–Crippen LogP) is 1.78. The number of nitrogens with zero attached hydrogens (tertiary/aromatic N) is 2. The van der Waals surface area contributed by atoms with Crippen molar-refractivity contribution < 1.29 is 28.9 Å². The van der Waals surface area contributed by atoms with Crippen LogP contribution >= 0.6 is 39.6 Å². The van der Waals surface area contributed by atoms with Gasteiger partial charge in [-0.15, -0.1) is 0 Å². The van der Waals surface area contributed by atoms with Crippen molar-refractivity contribution in [2.24, 2.45) is 0 Å². The average molecular weight is 676 g/mol. The van der Waals surface area contributed by atoms with Gasteiger partial charge in [-0.25, -0.2) is 14.0 Å². The zero-order valence-electron chi connectivity index (χ0n) is 21.2. The normalized spacial score (nSPS) is 29.9. The molecule has 0 saturated carbocycles. The Morgan fingerprint density at radius 1 is 1.32 bits per heavy atom. The Bertz CT molecular complexity index is 1080. The minimum absolute atomic E-state index is 0.00953. The van der Waals surface area contributed by atoms with Gasteiger partial charge in [0.2, 0.25) is 0 Å². The zero-order chi connectivity index (χ0) is 27.6. The van der Waals surface area contributed by atoms with Crippen molar-refractivity contribution in [3.63, 3.8) is 0 Å². The molecule has 15 heteroatoms. The van der Waals surface area contributed by atoms with E-state index in [1.807, 2.05) is 6.92 Å². The van der Waals surface area contributed by atoms with Crippen molar-refractivity contribution in [3.8, 4) is 0 Å². The maximum absolute atomic E-state index is 12.2. The van der Waals surface area contributed by atoms with Gasteiger partial charge in [-0.3, -0.25) is 19.7 Å². The van der Waals surface area contributed by atoms with E-state index in [1.165, 1.54) is 16.8 Å². The molecule has 6 atom stereocenters. The maximum atomic E-state index is 12.2. The smallest absolute Gasteiger partial charge is 0.390 e. The topological polar surface area (TPSA) is 166 Å². The summed E-state index contributed by atoms with van der Waals surface area (Å²) in [6, 6.07) is 1.21. The standard InChI is InChI=1S/C22H37Br2N4O8P/c1-14-11-21(2,3)26-18(35-14)4-6-22(24,13-27(9-7-23)37(32,33)34)12-16-15(29)10-19(36-16)28-8-5-17(30)25-20(28)31/h5,8,14-16,18-19,26,29H,4,6-7,9-13H2,1-3H3,(H,25,30,31)(H2,32,33,34)/t14?,15-,16+,18?,19+,22?/m0/s1. The number of aliphatic hydroxyl groups is 1. The largest absolute Gasteiger partial charge is 0.403 e. The third-order valence-electron chi connectivity index (χ3n) is 6.71. The van der Waals surface area contributed by atoms with E-state index in [-0.39, 0.29) is 43.8 Å². The first-order valence-corrected chi connectivity index (χ1v) is 15.7. The molecule has 212 valence electrons. The molecule has 2 aliphatic rings. The van der Waals surface area contributed by atoms with Gasteiger partial charge in [0.05, 0.1) is 18.3 Å². The molecule has 1 aromatic heterocycles. The molecular weight excluding hydrogens is 639 g/mol.